The minimum absolute atomic E-state index is 0.0452. The van der Waals surface area contributed by atoms with Gasteiger partial charge in [0.25, 0.3) is 5.69 Å². The van der Waals surface area contributed by atoms with Gasteiger partial charge in [-0.1, -0.05) is 29.8 Å². The maximum atomic E-state index is 12.4. The van der Waals surface area contributed by atoms with Crippen LogP contribution in [0.4, 0.5) is 11.5 Å². The highest BCUT2D eigenvalue weighted by molar-refractivity contribution is 8.00. The Morgan fingerprint density at radius 1 is 1.14 bits per heavy atom. The van der Waals surface area contributed by atoms with Crippen molar-refractivity contribution >= 4 is 29.2 Å². The summed E-state index contributed by atoms with van der Waals surface area (Å²) in [5.41, 5.74) is 4.69. The van der Waals surface area contributed by atoms with Crippen molar-refractivity contribution in [3.8, 4) is 5.69 Å². The van der Waals surface area contributed by atoms with Crippen LogP contribution in [0.3, 0.4) is 0 Å². The van der Waals surface area contributed by atoms with Gasteiger partial charge in [0.05, 0.1) is 27.3 Å². The molecule has 0 aliphatic carbocycles. The average Bonchev–Trinajstić information content (AvgIpc) is 2.88. The molecule has 1 N–H and O–H groups in total. The molecule has 0 saturated heterocycles. The van der Waals surface area contributed by atoms with E-state index in [0.29, 0.717) is 11.6 Å². The molecule has 2 aromatic carbocycles. The number of thioether (sulfide) groups is 1. The van der Waals surface area contributed by atoms with Gasteiger partial charge in [-0.2, -0.15) is 5.10 Å². The molecular weight excluding hydrogens is 376 g/mol. The van der Waals surface area contributed by atoms with Gasteiger partial charge in [-0.25, -0.2) is 4.68 Å². The van der Waals surface area contributed by atoms with E-state index in [-0.39, 0.29) is 16.8 Å². The molecule has 4 rings (SSSR count). The highest BCUT2D eigenvalue weighted by Crippen LogP contribution is 2.44. The summed E-state index contributed by atoms with van der Waals surface area (Å²) in [6.07, 6.45) is 0. The number of hydrogen-bond acceptors (Lipinski definition) is 5. The van der Waals surface area contributed by atoms with Crippen LogP contribution in [0.2, 0.25) is 0 Å². The number of carbonyl (C=O) groups excluding carboxylic acids is 1. The third-order valence-corrected chi connectivity index (χ3v) is 5.96. The molecule has 3 aromatic rings. The molecule has 1 aromatic heterocycles. The number of rotatable bonds is 3. The Kier molecular flexibility index (Phi) is 4.64. The van der Waals surface area contributed by atoms with E-state index in [1.807, 2.05) is 38.1 Å². The molecule has 0 spiro atoms. The number of carbonyl (C=O) groups is 1. The van der Waals surface area contributed by atoms with Gasteiger partial charge in [0, 0.05) is 17.7 Å². The van der Waals surface area contributed by atoms with Crippen molar-refractivity contribution in [1.82, 2.24) is 9.78 Å². The smallest absolute Gasteiger partial charge is 0.269 e. The Balaban J connectivity index is 1.83. The normalized spacial score (nSPS) is 16.2. The van der Waals surface area contributed by atoms with Gasteiger partial charge in [0.1, 0.15) is 5.82 Å². The summed E-state index contributed by atoms with van der Waals surface area (Å²) >= 11 is 1.49. The second-order valence-electron chi connectivity index (χ2n) is 6.68. The molecule has 0 bridgehead atoms. The van der Waals surface area contributed by atoms with Gasteiger partial charge < -0.3 is 5.32 Å². The number of hydrogen-bond donors (Lipinski definition) is 1. The molecule has 142 valence electrons. The van der Waals surface area contributed by atoms with Gasteiger partial charge in [-0.3, -0.25) is 14.9 Å². The molecular formula is C20H18N4O3S. The first-order valence-electron chi connectivity index (χ1n) is 8.76. The van der Waals surface area contributed by atoms with Crippen molar-refractivity contribution < 1.29 is 9.72 Å². The van der Waals surface area contributed by atoms with Crippen LogP contribution in [0.1, 0.15) is 27.6 Å². The van der Waals surface area contributed by atoms with Gasteiger partial charge >= 0.3 is 0 Å². The SMILES string of the molecule is Cc1ccc(-n2nc(C)c3c2NC(=O)CSC3c2ccc([N+](=O)[O-])cc2)cc1. The predicted molar refractivity (Wildman–Crippen MR) is 109 cm³/mol. The summed E-state index contributed by atoms with van der Waals surface area (Å²) in [6, 6.07) is 14.4. The van der Waals surface area contributed by atoms with E-state index in [1.165, 1.54) is 23.9 Å². The van der Waals surface area contributed by atoms with Crippen LogP contribution in [-0.2, 0) is 4.79 Å². The molecule has 1 amide bonds. The standard InChI is InChI=1S/C20H18N4O3S/c1-12-3-7-15(8-4-12)23-20-18(13(2)22-23)19(28-11-17(25)21-20)14-5-9-16(10-6-14)24(26)27/h3-10,19H,11H2,1-2H3,(H,21,25). The highest BCUT2D eigenvalue weighted by atomic mass is 32.2. The Hall–Kier alpha value is -3.13. The van der Waals surface area contributed by atoms with Gasteiger partial charge in [-0.15, -0.1) is 11.8 Å². The van der Waals surface area contributed by atoms with Crippen molar-refractivity contribution in [1.29, 1.82) is 0 Å². The zero-order valence-electron chi connectivity index (χ0n) is 15.4. The van der Waals surface area contributed by atoms with Crippen molar-refractivity contribution in [2.75, 3.05) is 11.1 Å². The van der Waals surface area contributed by atoms with E-state index in [4.69, 9.17) is 0 Å². The van der Waals surface area contributed by atoms with Gasteiger partial charge in [0.2, 0.25) is 5.91 Å². The van der Waals surface area contributed by atoms with E-state index < -0.39 is 4.92 Å². The number of fused-ring (bicyclic) bond motifs is 1. The number of nitrogens with one attached hydrogen (secondary N) is 1. The van der Waals surface area contributed by atoms with Crippen molar-refractivity contribution in [2.45, 2.75) is 19.1 Å². The lowest BCUT2D eigenvalue weighted by molar-refractivity contribution is -0.384. The fraction of sp³-hybridized carbons (Fsp3) is 0.200. The van der Waals surface area contributed by atoms with Crippen LogP contribution in [0, 0.1) is 24.0 Å². The van der Waals surface area contributed by atoms with Crippen LogP contribution >= 0.6 is 11.8 Å². The molecule has 0 radical (unpaired) electrons. The number of aromatic nitrogens is 2. The monoisotopic (exact) mass is 394 g/mol. The van der Waals surface area contributed by atoms with E-state index in [1.54, 1.807) is 16.8 Å². The second kappa shape index (κ2) is 7.12. The first-order valence-corrected chi connectivity index (χ1v) is 9.81. The van der Waals surface area contributed by atoms with Gasteiger partial charge in [0.15, 0.2) is 0 Å². The minimum Gasteiger partial charge on any atom is -0.310 e. The van der Waals surface area contributed by atoms with Crippen LogP contribution in [-0.4, -0.2) is 26.4 Å². The lowest BCUT2D eigenvalue weighted by Crippen LogP contribution is -2.15. The Morgan fingerprint density at radius 2 is 1.82 bits per heavy atom. The zero-order chi connectivity index (χ0) is 19.8. The first kappa shape index (κ1) is 18.2. The van der Waals surface area contributed by atoms with Crippen LogP contribution in [0.5, 0.6) is 0 Å². The molecule has 1 unspecified atom stereocenters. The Labute approximate surface area is 165 Å². The molecule has 7 nitrogen and oxygen atoms in total. The lowest BCUT2D eigenvalue weighted by Gasteiger charge is -2.15. The number of non-ortho nitro benzene ring substituents is 1. The van der Waals surface area contributed by atoms with E-state index in [2.05, 4.69) is 10.4 Å². The average molecular weight is 394 g/mol. The molecule has 2 heterocycles. The minimum atomic E-state index is -0.415. The fourth-order valence-corrected chi connectivity index (χ4v) is 4.48. The van der Waals surface area contributed by atoms with E-state index in [9.17, 15) is 14.9 Å². The number of amides is 1. The third kappa shape index (κ3) is 3.27. The summed E-state index contributed by atoms with van der Waals surface area (Å²) < 4.78 is 1.76. The Morgan fingerprint density at radius 3 is 2.46 bits per heavy atom. The molecule has 1 aliphatic rings. The summed E-state index contributed by atoms with van der Waals surface area (Å²) in [5, 5.41) is 18.5. The Bertz CT molecular complexity index is 1060. The van der Waals surface area contributed by atoms with Crippen molar-refractivity contribution in [3.63, 3.8) is 0 Å². The molecule has 1 aliphatic heterocycles. The van der Waals surface area contributed by atoms with Crippen LogP contribution in [0.25, 0.3) is 5.69 Å². The van der Waals surface area contributed by atoms with E-state index in [0.717, 1.165) is 28.1 Å². The predicted octanol–water partition coefficient (Wildman–Crippen LogP) is 4.17. The molecule has 8 heteroatoms. The number of anilines is 1. The maximum Gasteiger partial charge on any atom is 0.269 e. The molecule has 1 atom stereocenters. The van der Waals surface area contributed by atoms with E-state index >= 15 is 0 Å². The molecule has 0 saturated carbocycles. The fourth-order valence-electron chi connectivity index (χ4n) is 3.29. The van der Waals surface area contributed by atoms with Gasteiger partial charge in [-0.05, 0) is 31.5 Å². The quantitative estimate of drug-likeness (QED) is 0.532. The summed E-state index contributed by atoms with van der Waals surface area (Å²) in [5.74, 6) is 0.854. The molecule has 28 heavy (non-hydrogen) atoms. The van der Waals surface area contributed by atoms with Crippen LogP contribution < -0.4 is 5.32 Å². The number of nitro benzene ring substituents is 1. The summed E-state index contributed by atoms with van der Waals surface area (Å²) in [7, 11) is 0. The number of aryl methyl sites for hydroxylation is 2. The maximum absolute atomic E-state index is 12.4. The van der Waals surface area contributed by atoms with Crippen molar-refractivity contribution in [3.05, 3.63) is 81.0 Å². The van der Waals surface area contributed by atoms with Crippen molar-refractivity contribution in [2.24, 2.45) is 0 Å². The first-order chi connectivity index (χ1) is 13.4. The summed E-state index contributed by atoms with van der Waals surface area (Å²) in [4.78, 5) is 22.9. The third-order valence-electron chi connectivity index (χ3n) is 4.69. The zero-order valence-corrected chi connectivity index (χ0v) is 16.2. The molecule has 0 fully saturated rings. The van der Waals surface area contributed by atoms with Crippen LogP contribution in [0.15, 0.2) is 48.5 Å². The second-order valence-corrected chi connectivity index (χ2v) is 7.78. The number of benzene rings is 2. The number of nitrogens with zero attached hydrogens (tertiary/aromatic N) is 3. The summed E-state index contributed by atoms with van der Waals surface area (Å²) in [6.45, 7) is 3.93. The largest absolute Gasteiger partial charge is 0.310 e. The number of nitro groups is 1. The lowest BCUT2D eigenvalue weighted by atomic mass is 10.0. The highest BCUT2D eigenvalue weighted by Gasteiger charge is 2.30. The topological polar surface area (TPSA) is 90.1 Å².